The third-order valence-corrected chi connectivity index (χ3v) is 5.04. The molecule has 0 aliphatic rings. The second kappa shape index (κ2) is 10.6. The van der Waals surface area contributed by atoms with Crippen LogP contribution in [0, 0.1) is 4.91 Å². The second-order valence-electron chi connectivity index (χ2n) is 7.27. The van der Waals surface area contributed by atoms with E-state index >= 15 is 0 Å². The Morgan fingerprint density at radius 2 is 1.54 bits per heavy atom. The lowest BCUT2D eigenvalue weighted by molar-refractivity contribution is -0.282. The van der Waals surface area contributed by atoms with Gasteiger partial charge in [0, 0.05) is 11.1 Å². The normalized spacial score (nSPS) is 10.7. The van der Waals surface area contributed by atoms with E-state index in [1.54, 1.807) is 60.7 Å². The average molecular weight is 472 g/mol. The van der Waals surface area contributed by atoms with E-state index in [0.717, 1.165) is 0 Å². The summed E-state index contributed by atoms with van der Waals surface area (Å²) < 4.78 is 4.87. The highest BCUT2D eigenvalue weighted by molar-refractivity contribution is 5.91. The molecule has 0 atom stereocenters. The fourth-order valence-electron chi connectivity index (χ4n) is 3.42. The van der Waals surface area contributed by atoms with E-state index in [1.807, 2.05) is 0 Å². The van der Waals surface area contributed by atoms with Crippen molar-refractivity contribution in [3.05, 3.63) is 82.8 Å². The van der Waals surface area contributed by atoms with Crippen molar-refractivity contribution >= 4 is 11.7 Å². The summed E-state index contributed by atoms with van der Waals surface area (Å²) >= 11 is 0. The third kappa shape index (κ3) is 5.18. The van der Waals surface area contributed by atoms with E-state index in [-0.39, 0.29) is 41.1 Å². The number of para-hydroxylation sites is 1. The Balaban J connectivity index is 1.96. The number of phenolic OH excluding ortho intramolecular Hbond substituents is 1. The number of hydrogen-bond donors (Lipinski definition) is 1. The summed E-state index contributed by atoms with van der Waals surface area (Å²) in [6, 6.07) is 18.1. The van der Waals surface area contributed by atoms with Gasteiger partial charge < -0.3 is 9.84 Å². The summed E-state index contributed by atoms with van der Waals surface area (Å²) in [6.45, 7) is 0.0521. The number of aromatic hydroxyl groups is 1. The number of ether oxygens (including phenoxy) is 1. The van der Waals surface area contributed by atoms with Crippen LogP contribution in [0.4, 0.5) is 5.69 Å². The molecule has 0 bridgehead atoms. The maximum Gasteiger partial charge on any atom is 0.337 e. The van der Waals surface area contributed by atoms with E-state index < -0.39 is 5.97 Å². The topological polar surface area (TPSA) is 133 Å². The van der Waals surface area contributed by atoms with Crippen LogP contribution in [0.3, 0.4) is 0 Å². The number of nitroso groups, excluding NO2 is 1. The number of rotatable bonds is 8. The Morgan fingerprint density at radius 1 is 0.886 bits per heavy atom. The lowest BCUT2D eigenvalue weighted by Gasteiger charge is -2.12. The van der Waals surface area contributed by atoms with Crippen molar-refractivity contribution in [3.63, 3.8) is 0 Å². The predicted molar refractivity (Wildman–Crippen MR) is 126 cm³/mol. The molecule has 0 saturated carbocycles. The SMILES string of the molecule is COOCc1cc(C(=O)OC)cc(-c2nc(-c3ccccc3O)nc(-c3ccccc3N=O)n2)c1. The van der Waals surface area contributed by atoms with Crippen molar-refractivity contribution in [2.24, 2.45) is 5.18 Å². The first-order valence-electron chi connectivity index (χ1n) is 10.4. The van der Waals surface area contributed by atoms with Gasteiger partial charge in [-0.25, -0.2) is 29.5 Å². The van der Waals surface area contributed by atoms with E-state index in [9.17, 15) is 14.8 Å². The number of nitrogens with zero attached hydrogens (tertiary/aromatic N) is 4. The molecular formula is C25H20N4O6. The van der Waals surface area contributed by atoms with Gasteiger partial charge in [-0.05, 0) is 53.2 Å². The molecule has 1 aromatic heterocycles. The van der Waals surface area contributed by atoms with Gasteiger partial charge in [-0.15, -0.1) is 4.91 Å². The monoisotopic (exact) mass is 472 g/mol. The lowest BCUT2D eigenvalue weighted by Crippen LogP contribution is -2.05. The molecule has 0 spiro atoms. The van der Waals surface area contributed by atoms with Crippen LogP contribution in [-0.4, -0.2) is 40.2 Å². The molecule has 4 aromatic rings. The summed E-state index contributed by atoms with van der Waals surface area (Å²) in [5.74, 6) is -0.0620. The molecule has 35 heavy (non-hydrogen) atoms. The van der Waals surface area contributed by atoms with Gasteiger partial charge in [-0.3, -0.25) is 0 Å². The van der Waals surface area contributed by atoms with Crippen LogP contribution in [0.2, 0.25) is 0 Å². The highest BCUT2D eigenvalue weighted by atomic mass is 17.2. The van der Waals surface area contributed by atoms with Gasteiger partial charge in [-0.2, -0.15) is 0 Å². The van der Waals surface area contributed by atoms with Gasteiger partial charge in [0.05, 0.1) is 25.3 Å². The minimum absolute atomic E-state index is 0.0325. The smallest absolute Gasteiger partial charge is 0.337 e. The van der Waals surface area contributed by atoms with Gasteiger partial charge in [0.1, 0.15) is 18.0 Å². The largest absolute Gasteiger partial charge is 0.507 e. The Bertz CT molecular complexity index is 1390. The maximum atomic E-state index is 12.3. The number of aromatic nitrogens is 3. The van der Waals surface area contributed by atoms with Crippen molar-refractivity contribution < 1.29 is 24.4 Å². The van der Waals surface area contributed by atoms with Crippen LogP contribution in [0.15, 0.2) is 71.9 Å². The van der Waals surface area contributed by atoms with Gasteiger partial charge >= 0.3 is 5.97 Å². The molecule has 3 aromatic carbocycles. The van der Waals surface area contributed by atoms with E-state index in [4.69, 9.17) is 9.62 Å². The van der Waals surface area contributed by atoms with Gasteiger partial charge in [0.2, 0.25) is 0 Å². The van der Waals surface area contributed by atoms with Crippen molar-refractivity contribution in [1.29, 1.82) is 0 Å². The molecule has 0 aliphatic heterocycles. The summed E-state index contributed by atoms with van der Waals surface area (Å²) in [7, 11) is 2.65. The molecule has 4 rings (SSSR count). The van der Waals surface area contributed by atoms with Crippen molar-refractivity contribution in [2.45, 2.75) is 6.61 Å². The Morgan fingerprint density at radius 3 is 2.23 bits per heavy atom. The Labute approximate surface area is 200 Å². The lowest BCUT2D eigenvalue weighted by atomic mass is 10.0. The molecule has 176 valence electrons. The quantitative estimate of drug-likeness (QED) is 0.165. The molecule has 1 heterocycles. The van der Waals surface area contributed by atoms with Crippen molar-refractivity contribution in [1.82, 2.24) is 15.0 Å². The third-order valence-electron chi connectivity index (χ3n) is 5.04. The number of carbonyl (C=O) groups excluding carboxylic acids is 1. The molecule has 0 amide bonds. The molecule has 1 N–H and O–H groups in total. The average Bonchev–Trinajstić information content (AvgIpc) is 2.91. The first kappa shape index (κ1) is 23.6. The van der Waals surface area contributed by atoms with Crippen LogP contribution >= 0.6 is 0 Å². The summed E-state index contributed by atoms with van der Waals surface area (Å²) in [5, 5.41) is 13.5. The molecule has 0 unspecified atom stereocenters. The molecule has 10 heteroatoms. The fourth-order valence-corrected chi connectivity index (χ4v) is 3.42. The highest BCUT2D eigenvalue weighted by Gasteiger charge is 2.18. The summed E-state index contributed by atoms with van der Waals surface area (Å²) in [6.07, 6.45) is 0. The fraction of sp³-hybridized carbons (Fsp3) is 0.120. The zero-order valence-electron chi connectivity index (χ0n) is 18.8. The Hall–Kier alpha value is -4.54. The zero-order valence-corrected chi connectivity index (χ0v) is 18.8. The maximum absolute atomic E-state index is 12.3. The zero-order chi connectivity index (χ0) is 24.8. The molecule has 0 fully saturated rings. The summed E-state index contributed by atoms with van der Waals surface area (Å²) in [5.41, 5.74) is 2.20. The second-order valence-corrected chi connectivity index (χ2v) is 7.27. The van der Waals surface area contributed by atoms with Crippen molar-refractivity contribution in [3.8, 4) is 39.9 Å². The first-order chi connectivity index (χ1) is 17.0. The van der Waals surface area contributed by atoms with E-state index in [1.165, 1.54) is 20.3 Å². The number of carbonyl (C=O) groups is 1. The predicted octanol–water partition coefficient (Wildman–Crippen LogP) is 4.84. The minimum atomic E-state index is -0.559. The van der Waals surface area contributed by atoms with Crippen LogP contribution in [0.1, 0.15) is 15.9 Å². The van der Waals surface area contributed by atoms with Crippen molar-refractivity contribution in [2.75, 3.05) is 14.2 Å². The number of esters is 1. The minimum Gasteiger partial charge on any atom is -0.507 e. The number of phenols is 1. The van der Waals surface area contributed by atoms with Crippen LogP contribution in [-0.2, 0) is 21.1 Å². The highest BCUT2D eigenvalue weighted by Crippen LogP contribution is 2.33. The van der Waals surface area contributed by atoms with Crippen LogP contribution in [0.25, 0.3) is 34.2 Å². The van der Waals surface area contributed by atoms with Gasteiger partial charge in [0.15, 0.2) is 17.5 Å². The molecular weight excluding hydrogens is 452 g/mol. The Kier molecular flexibility index (Phi) is 7.15. The molecule has 10 nitrogen and oxygen atoms in total. The van der Waals surface area contributed by atoms with Crippen LogP contribution in [0.5, 0.6) is 5.75 Å². The number of hydrogen-bond acceptors (Lipinski definition) is 10. The van der Waals surface area contributed by atoms with E-state index in [2.05, 4.69) is 25.0 Å². The summed E-state index contributed by atoms with van der Waals surface area (Å²) in [4.78, 5) is 47.0. The first-order valence-corrected chi connectivity index (χ1v) is 10.4. The van der Waals surface area contributed by atoms with Crippen LogP contribution < -0.4 is 0 Å². The van der Waals surface area contributed by atoms with E-state index in [0.29, 0.717) is 22.3 Å². The number of methoxy groups -OCH3 is 1. The number of benzene rings is 3. The molecule has 0 radical (unpaired) electrons. The van der Waals surface area contributed by atoms with Gasteiger partial charge in [-0.1, -0.05) is 24.3 Å². The molecule has 0 saturated heterocycles. The molecule has 0 aliphatic carbocycles. The standard InChI is InChI=1S/C25H20N4O6/c1-33-25(31)17-12-15(14-35-34-2)11-16(13-17)22-26-23(18-7-3-5-9-20(18)29-32)28-24(27-22)19-8-4-6-10-21(19)30/h3-13,30H,14H2,1-2H3. The van der Waals surface area contributed by atoms with Gasteiger partial charge in [0.25, 0.3) is 0 Å².